The number of benzene rings is 2. The Hall–Kier alpha value is -2.69. The highest BCUT2D eigenvalue weighted by molar-refractivity contribution is 5.99. The summed E-state index contributed by atoms with van der Waals surface area (Å²) in [4.78, 5) is 28.9. The molecule has 0 saturated carbocycles. The molecule has 0 radical (unpaired) electrons. The fourth-order valence-electron chi connectivity index (χ4n) is 3.60. The second-order valence-corrected chi connectivity index (χ2v) is 6.99. The monoisotopic (exact) mass is 368 g/mol. The zero-order chi connectivity index (χ0) is 19.4. The predicted molar refractivity (Wildman–Crippen MR) is 104 cm³/mol. The first-order valence-corrected chi connectivity index (χ1v) is 9.38. The molecule has 5 heteroatoms. The Morgan fingerprint density at radius 1 is 1.19 bits per heavy atom. The molecule has 0 aliphatic carbocycles. The summed E-state index contributed by atoms with van der Waals surface area (Å²) in [6.07, 6.45) is 0.910. The lowest BCUT2D eigenvalue weighted by molar-refractivity contribution is -0.128. The van der Waals surface area contributed by atoms with Crippen molar-refractivity contribution < 1.29 is 14.0 Å². The smallest absolute Gasteiger partial charge is 0.232 e. The van der Waals surface area contributed by atoms with Crippen molar-refractivity contribution in [3.8, 4) is 0 Å². The largest absolute Gasteiger partial charge is 0.342 e. The first kappa shape index (κ1) is 19.1. The van der Waals surface area contributed by atoms with Gasteiger partial charge in [0.1, 0.15) is 5.82 Å². The molecule has 0 bridgehead atoms. The van der Waals surface area contributed by atoms with Crippen LogP contribution in [0.25, 0.3) is 0 Å². The Balaban J connectivity index is 1.64. The highest BCUT2D eigenvalue weighted by atomic mass is 19.1. The van der Waals surface area contributed by atoms with E-state index >= 15 is 0 Å². The van der Waals surface area contributed by atoms with E-state index in [1.54, 1.807) is 21.9 Å². The van der Waals surface area contributed by atoms with Crippen LogP contribution in [0.2, 0.25) is 0 Å². The highest BCUT2D eigenvalue weighted by Gasteiger charge is 2.36. The average molecular weight is 368 g/mol. The van der Waals surface area contributed by atoms with Crippen LogP contribution in [0.1, 0.15) is 24.5 Å². The Morgan fingerprint density at radius 3 is 2.56 bits per heavy atom. The molecule has 2 aromatic carbocycles. The lowest BCUT2D eigenvalue weighted by atomic mass is 10.1. The molecule has 3 rings (SSSR count). The molecule has 142 valence electrons. The standard InChI is InChI=1S/C22H25FN2O2/c1-3-25(20-7-5-4-6-16(20)2)22(27)18-14-21(26)24(15-18)13-12-17-8-10-19(23)11-9-17/h4-11,18H,3,12-15H2,1-2H3/t18-/m1/s1. The Labute approximate surface area is 159 Å². The number of aryl methyl sites for hydroxylation is 1. The lowest BCUT2D eigenvalue weighted by Gasteiger charge is -2.26. The summed E-state index contributed by atoms with van der Waals surface area (Å²) in [5.41, 5.74) is 2.93. The maximum Gasteiger partial charge on any atom is 0.232 e. The molecular weight excluding hydrogens is 343 g/mol. The van der Waals surface area contributed by atoms with Gasteiger partial charge in [-0.05, 0) is 49.6 Å². The molecule has 0 N–H and O–H groups in total. The summed E-state index contributed by atoms with van der Waals surface area (Å²) >= 11 is 0. The molecule has 27 heavy (non-hydrogen) atoms. The minimum Gasteiger partial charge on any atom is -0.342 e. The van der Waals surface area contributed by atoms with Crippen molar-refractivity contribution in [1.29, 1.82) is 0 Å². The van der Waals surface area contributed by atoms with Gasteiger partial charge in [0.25, 0.3) is 0 Å². The molecule has 0 spiro atoms. The first-order chi connectivity index (χ1) is 13.0. The Morgan fingerprint density at radius 2 is 1.89 bits per heavy atom. The van der Waals surface area contributed by atoms with Gasteiger partial charge >= 0.3 is 0 Å². The van der Waals surface area contributed by atoms with Crippen LogP contribution in [0.15, 0.2) is 48.5 Å². The van der Waals surface area contributed by atoms with Gasteiger partial charge in [-0.1, -0.05) is 30.3 Å². The number of hydrogen-bond donors (Lipinski definition) is 0. The van der Waals surface area contributed by atoms with E-state index in [1.807, 2.05) is 38.1 Å². The second kappa shape index (κ2) is 8.33. The summed E-state index contributed by atoms with van der Waals surface area (Å²) < 4.78 is 13.0. The molecule has 1 heterocycles. The number of rotatable bonds is 6. The Bertz CT molecular complexity index is 819. The third kappa shape index (κ3) is 4.35. The van der Waals surface area contributed by atoms with Gasteiger partial charge in [0, 0.05) is 31.7 Å². The third-order valence-corrected chi connectivity index (χ3v) is 5.14. The number of amides is 2. The molecule has 1 aliphatic heterocycles. The van der Waals surface area contributed by atoms with Gasteiger partial charge in [-0.3, -0.25) is 9.59 Å². The van der Waals surface area contributed by atoms with Crippen molar-refractivity contribution in [1.82, 2.24) is 4.90 Å². The zero-order valence-electron chi connectivity index (χ0n) is 15.8. The fourth-order valence-corrected chi connectivity index (χ4v) is 3.60. The maximum atomic E-state index is 13.0. The summed E-state index contributed by atoms with van der Waals surface area (Å²) in [6.45, 7) is 5.50. The van der Waals surface area contributed by atoms with Gasteiger partial charge in [-0.2, -0.15) is 0 Å². The van der Waals surface area contributed by atoms with Gasteiger partial charge < -0.3 is 9.80 Å². The van der Waals surface area contributed by atoms with E-state index in [0.717, 1.165) is 16.8 Å². The van der Waals surface area contributed by atoms with E-state index in [0.29, 0.717) is 26.1 Å². The molecule has 4 nitrogen and oxygen atoms in total. The van der Waals surface area contributed by atoms with Crippen LogP contribution in [0, 0.1) is 18.7 Å². The van der Waals surface area contributed by atoms with Crippen molar-refractivity contribution in [2.45, 2.75) is 26.7 Å². The number of hydrogen-bond acceptors (Lipinski definition) is 2. The van der Waals surface area contributed by atoms with E-state index in [4.69, 9.17) is 0 Å². The summed E-state index contributed by atoms with van der Waals surface area (Å²) in [7, 11) is 0. The van der Waals surface area contributed by atoms with Gasteiger partial charge in [-0.15, -0.1) is 0 Å². The molecule has 0 aromatic heterocycles. The molecule has 1 atom stereocenters. The number of anilines is 1. The highest BCUT2D eigenvalue weighted by Crippen LogP contribution is 2.26. The van der Waals surface area contributed by atoms with E-state index in [2.05, 4.69) is 0 Å². The van der Waals surface area contributed by atoms with Crippen LogP contribution in [-0.4, -0.2) is 36.3 Å². The number of para-hydroxylation sites is 1. The van der Waals surface area contributed by atoms with E-state index < -0.39 is 0 Å². The van der Waals surface area contributed by atoms with Crippen LogP contribution in [-0.2, 0) is 16.0 Å². The van der Waals surface area contributed by atoms with Crippen molar-refractivity contribution in [3.63, 3.8) is 0 Å². The molecule has 2 amide bonds. The third-order valence-electron chi connectivity index (χ3n) is 5.14. The topological polar surface area (TPSA) is 40.6 Å². The van der Waals surface area contributed by atoms with Crippen molar-refractivity contribution in [2.75, 3.05) is 24.5 Å². The van der Waals surface area contributed by atoms with Crippen LogP contribution < -0.4 is 4.90 Å². The SMILES string of the molecule is CCN(C(=O)[C@@H]1CC(=O)N(CCc2ccc(F)cc2)C1)c1ccccc1C. The van der Waals surface area contributed by atoms with E-state index in [9.17, 15) is 14.0 Å². The summed E-state index contributed by atoms with van der Waals surface area (Å²) in [6, 6.07) is 14.1. The predicted octanol–water partition coefficient (Wildman–Crippen LogP) is 3.58. The lowest BCUT2D eigenvalue weighted by Crippen LogP contribution is -2.38. The molecule has 1 saturated heterocycles. The number of halogens is 1. The Kier molecular flexibility index (Phi) is 5.89. The van der Waals surface area contributed by atoms with Crippen LogP contribution in [0.3, 0.4) is 0 Å². The number of carbonyl (C=O) groups excluding carboxylic acids is 2. The fraction of sp³-hybridized carbons (Fsp3) is 0.364. The molecular formula is C22H25FN2O2. The quantitative estimate of drug-likeness (QED) is 0.782. The van der Waals surface area contributed by atoms with Crippen LogP contribution >= 0.6 is 0 Å². The van der Waals surface area contributed by atoms with Crippen LogP contribution in [0.5, 0.6) is 0 Å². The molecule has 1 fully saturated rings. The number of carbonyl (C=O) groups is 2. The minimum atomic E-state index is -0.315. The number of nitrogens with zero attached hydrogens (tertiary/aromatic N) is 2. The van der Waals surface area contributed by atoms with Gasteiger partial charge in [0.05, 0.1) is 5.92 Å². The van der Waals surface area contributed by atoms with Crippen LogP contribution in [0.4, 0.5) is 10.1 Å². The molecule has 2 aromatic rings. The first-order valence-electron chi connectivity index (χ1n) is 9.38. The van der Waals surface area contributed by atoms with E-state index in [1.165, 1.54) is 12.1 Å². The molecule has 1 aliphatic rings. The van der Waals surface area contributed by atoms with Gasteiger partial charge in [0.15, 0.2) is 0 Å². The summed E-state index contributed by atoms with van der Waals surface area (Å²) in [5, 5.41) is 0. The van der Waals surface area contributed by atoms with Gasteiger partial charge in [0.2, 0.25) is 11.8 Å². The maximum absolute atomic E-state index is 13.0. The van der Waals surface area contributed by atoms with Gasteiger partial charge in [-0.25, -0.2) is 4.39 Å². The van der Waals surface area contributed by atoms with Crippen molar-refractivity contribution >= 4 is 17.5 Å². The normalized spacial score (nSPS) is 16.6. The number of likely N-dealkylation sites (tertiary alicyclic amines) is 1. The van der Waals surface area contributed by atoms with Crippen molar-refractivity contribution in [2.24, 2.45) is 5.92 Å². The second-order valence-electron chi connectivity index (χ2n) is 6.99. The minimum absolute atomic E-state index is 0.00410. The van der Waals surface area contributed by atoms with E-state index in [-0.39, 0.29) is 30.0 Å². The average Bonchev–Trinajstić information content (AvgIpc) is 3.04. The summed E-state index contributed by atoms with van der Waals surface area (Å²) in [5.74, 6) is -0.566. The molecule has 0 unspecified atom stereocenters. The zero-order valence-corrected chi connectivity index (χ0v) is 15.8. The van der Waals surface area contributed by atoms with Crippen molar-refractivity contribution in [3.05, 3.63) is 65.5 Å².